The molecule has 4 N–H and O–H groups in total. The van der Waals surface area contributed by atoms with Gasteiger partial charge in [-0.05, 0) is 41.7 Å². The Labute approximate surface area is 94.7 Å². The molecule has 0 aromatic heterocycles. The first-order valence-electron chi connectivity index (χ1n) is 5.16. The summed E-state index contributed by atoms with van der Waals surface area (Å²) >= 11 is 0. The number of phenolic OH excluding ortho intramolecular Hbond substituents is 1. The second-order valence-electron chi connectivity index (χ2n) is 4.24. The molecule has 0 unspecified atom stereocenters. The van der Waals surface area contributed by atoms with Crippen LogP contribution in [0.2, 0.25) is 0 Å². The molecule has 0 heterocycles. The van der Waals surface area contributed by atoms with E-state index in [1.165, 1.54) is 0 Å². The summed E-state index contributed by atoms with van der Waals surface area (Å²) in [6.07, 6.45) is 0. The fourth-order valence-corrected chi connectivity index (χ4v) is 1.66. The van der Waals surface area contributed by atoms with Crippen molar-refractivity contribution in [3.8, 4) is 5.75 Å². The minimum Gasteiger partial charge on any atom is -0.508 e. The van der Waals surface area contributed by atoms with Gasteiger partial charge in [-0.15, -0.1) is 0 Å². The van der Waals surface area contributed by atoms with Crippen LogP contribution in [-0.4, -0.2) is 16.2 Å². The highest BCUT2D eigenvalue weighted by atomic mass is 16.4. The van der Waals surface area contributed by atoms with Crippen LogP contribution in [0, 0.1) is 6.92 Å². The Morgan fingerprint density at radius 1 is 1.31 bits per heavy atom. The molecule has 0 aliphatic rings. The van der Waals surface area contributed by atoms with Crippen LogP contribution in [0.1, 0.15) is 42.5 Å². The Morgan fingerprint density at radius 3 is 2.31 bits per heavy atom. The van der Waals surface area contributed by atoms with Crippen molar-refractivity contribution in [3.05, 3.63) is 28.8 Å². The highest BCUT2D eigenvalue weighted by Crippen LogP contribution is 2.30. The van der Waals surface area contributed by atoms with Gasteiger partial charge in [0.05, 0.1) is 0 Å². The average molecular weight is 223 g/mol. The van der Waals surface area contributed by atoms with Gasteiger partial charge in [-0.1, -0.05) is 13.8 Å². The maximum Gasteiger partial charge on any atom is 0.325 e. The number of hydrogen-bond acceptors (Lipinski definition) is 3. The summed E-state index contributed by atoms with van der Waals surface area (Å²) < 4.78 is 0. The lowest BCUT2D eigenvalue weighted by Gasteiger charge is -2.15. The van der Waals surface area contributed by atoms with Crippen LogP contribution in [0.5, 0.6) is 5.75 Å². The maximum atomic E-state index is 10.8. The zero-order valence-corrected chi connectivity index (χ0v) is 9.69. The molecule has 0 radical (unpaired) electrons. The first kappa shape index (κ1) is 12.5. The number of carbonyl (C=O) groups is 1. The third-order valence-electron chi connectivity index (χ3n) is 2.64. The van der Waals surface area contributed by atoms with E-state index in [9.17, 15) is 9.90 Å². The zero-order chi connectivity index (χ0) is 12.5. The lowest BCUT2D eigenvalue weighted by molar-refractivity contribution is -0.138. The molecule has 1 aromatic rings. The lowest BCUT2D eigenvalue weighted by Crippen LogP contribution is -2.21. The van der Waals surface area contributed by atoms with Gasteiger partial charge in [0.25, 0.3) is 0 Å². The van der Waals surface area contributed by atoms with Crippen molar-refractivity contribution < 1.29 is 15.0 Å². The van der Waals surface area contributed by atoms with Gasteiger partial charge in [0.15, 0.2) is 0 Å². The molecule has 4 nitrogen and oxygen atoms in total. The number of aryl methyl sites for hydroxylation is 1. The maximum absolute atomic E-state index is 10.8. The van der Waals surface area contributed by atoms with Crippen LogP contribution >= 0.6 is 0 Å². The van der Waals surface area contributed by atoms with Crippen LogP contribution < -0.4 is 5.73 Å². The number of phenols is 1. The van der Waals surface area contributed by atoms with Crippen molar-refractivity contribution >= 4 is 5.97 Å². The normalized spacial score (nSPS) is 12.8. The van der Waals surface area contributed by atoms with Gasteiger partial charge in [-0.3, -0.25) is 4.79 Å². The van der Waals surface area contributed by atoms with Gasteiger partial charge in [-0.2, -0.15) is 0 Å². The summed E-state index contributed by atoms with van der Waals surface area (Å²) in [6, 6.07) is 2.19. The van der Waals surface area contributed by atoms with Crippen molar-refractivity contribution in [1.29, 1.82) is 0 Å². The van der Waals surface area contributed by atoms with Crippen molar-refractivity contribution in [2.24, 2.45) is 5.73 Å². The van der Waals surface area contributed by atoms with Gasteiger partial charge in [0.2, 0.25) is 0 Å². The van der Waals surface area contributed by atoms with E-state index >= 15 is 0 Å². The predicted octanol–water partition coefficient (Wildman–Crippen LogP) is 1.91. The van der Waals surface area contributed by atoms with E-state index < -0.39 is 12.0 Å². The summed E-state index contributed by atoms with van der Waals surface area (Å²) in [7, 11) is 0. The van der Waals surface area contributed by atoms with Crippen LogP contribution in [0.15, 0.2) is 12.1 Å². The van der Waals surface area contributed by atoms with E-state index in [2.05, 4.69) is 0 Å². The summed E-state index contributed by atoms with van der Waals surface area (Å²) in [5.74, 6) is -0.752. The van der Waals surface area contributed by atoms with E-state index in [1.54, 1.807) is 19.1 Å². The molecular weight excluding hydrogens is 206 g/mol. The first-order valence-corrected chi connectivity index (χ1v) is 5.16. The number of carboxylic acids is 1. The highest BCUT2D eigenvalue weighted by molar-refractivity contribution is 5.76. The molecule has 88 valence electrons. The Morgan fingerprint density at radius 2 is 1.88 bits per heavy atom. The predicted molar refractivity (Wildman–Crippen MR) is 61.5 cm³/mol. The summed E-state index contributed by atoms with van der Waals surface area (Å²) in [6.45, 7) is 5.60. The molecule has 1 aromatic carbocycles. The summed E-state index contributed by atoms with van der Waals surface area (Å²) in [5.41, 5.74) is 7.54. The largest absolute Gasteiger partial charge is 0.508 e. The Bertz CT molecular complexity index is 413. The van der Waals surface area contributed by atoms with Gasteiger partial charge in [-0.25, -0.2) is 0 Å². The van der Waals surface area contributed by atoms with E-state index in [4.69, 9.17) is 10.8 Å². The summed E-state index contributed by atoms with van der Waals surface area (Å²) in [4.78, 5) is 10.8. The van der Waals surface area contributed by atoms with Gasteiger partial charge < -0.3 is 15.9 Å². The van der Waals surface area contributed by atoms with Gasteiger partial charge in [0.1, 0.15) is 11.8 Å². The number of rotatable bonds is 3. The molecule has 0 aliphatic heterocycles. The number of aromatic hydroxyl groups is 1. The average Bonchev–Trinajstić information content (AvgIpc) is 2.16. The Balaban J connectivity index is 3.30. The molecule has 0 aliphatic carbocycles. The van der Waals surface area contributed by atoms with E-state index in [-0.39, 0.29) is 11.7 Å². The standard InChI is InChI=1S/C12H17NO3/c1-6(2)8-5-9(11(13)12(15)16)7(3)4-10(8)14/h4-6,11,14H,13H2,1-3H3,(H,15,16)/t11-/m0/s1. The lowest BCUT2D eigenvalue weighted by atomic mass is 9.93. The molecule has 0 fully saturated rings. The molecule has 0 saturated heterocycles. The Hall–Kier alpha value is -1.55. The molecule has 1 rings (SSSR count). The fraction of sp³-hybridized carbons (Fsp3) is 0.417. The minimum absolute atomic E-state index is 0.125. The molecule has 4 heteroatoms. The number of benzene rings is 1. The van der Waals surface area contributed by atoms with Crippen LogP contribution in [0.3, 0.4) is 0 Å². The van der Waals surface area contributed by atoms with Crippen molar-refractivity contribution in [2.45, 2.75) is 32.7 Å². The van der Waals surface area contributed by atoms with Crippen molar-refractivity contribution in [3.63, 3.8) is 0 Å². The highest BCUT2D eigenvalue weighted by Gasteiger charge is 2.19. The molecule has 1 atom stereocenters. The van der Waals surface area contributed by atoms with Crippen LogP contribution in [0.4, 0.5) is 0 Å². The van der Waals surface area contributed by atoms with Crippen molar-refractivity contribution in [1.82, 2.24) is 0 Å². The molecule has 0 amide bonds. The number of carboxylic acid groups (broad SMARTS) is 1. The second kappa shape index (κ2) is 4.53. The third-order valence-corrected chi connectivity index (χ3v) is 2.64. The number of aliphatic carboxylic acids is 1. The molecule has 0 saturated carbocycles. The fourth-order valence-electron chi connectivity index (χ4n) is 1.66. The topological polar surface area (TPSA) is 83.5 Å². The zero-order valence-electron chi connectivity index (χ0n) is 9.69. The molecule has 0 spiro atoms. The minimum atomic E-state index is -1.07. The second-order valence-corrected chi connectivity index (χ2v) is 4.24. The van der Waals surface area contributed by atoms with Crippen molar-refractivity contribution in [2.75, 3.05) is 0 Å². The number of nitrogens with two attached hydrogens (primary N) is 1. The van der Waals surface area contributed by atoms with E-state index in [1.807, 2.05) is 13.8 Å². The van der Waals surface area contributed by atoms with E-state index in [0.29, 0.717) is 11.1 Å². The number of hydrogen-bond donors (Lipinski definition) is 3. The smallest absolute Gasteiger partial charge is 0.325 e. The first-order chi connectivity index (χ1) is 7.34. The van der Waals surface area contributed by atoms with E-state index in [0.717, 1.165) is 5.56 Å². The van der Waals surface area contributed by atoms with Gasteiger partial charge >= 0.3 is 5.97 Å². The van der Waals surface area contributed by atoms with Crippen LogP contribution in [-0.2, 0) is 4.79 Å². The molecule has 16 heavy (non-hydrogen) atoms. The van der Waals surface area contributed by atoms with Gasteiger partial charge in [0, 0.05) is 0 Å². The quantitative estimate of drug-likeness (QED) is 0.730. The van der Waals surface area contributed by atoms with Crippen LogP contribution in [0.25, 0.3) is 0 Å². The Kier molecular flexibility index (Phi) is 3.55. The molecular formula is C12H17NO3. The monoisotopic (exact) mass is 223 g/mol. The SMILES string of the molecule is Cc1cc(O)c(C(C)C)cc1[C@H](N)C(=O)O. The molecule has 0 bridgehead atoms. The summed E-state index contributed by atoms with van der Waals surface area (Å²) in [5, 5.41) is 18.6. The third kappa shape index (κ3) is 2.33.